The van der Waals surface area contributed by atoms with Crippen LogP contribution >= 0.6 is 0 Å². The predicted molar refractivity (Wildman–Crippen MR) is 63.1 cm³/mol. The number of carbonyl (C=O) groups is 1. The third-order valence-electron chi connectivity index (χ3n) is 2.58. The fraction of sp³-hybridized carbons (Fsp3) is 0.417. The molecule has 2 N–H and O–H groups in total. The molecule has 17 heavy (non-hydrogen) atoms. The van der Waals surface area contributed by atoms with Crippen LogP contribution in [0.2, 0.25) is 0 Å². The summed E-state index contributed by atoms with van der Waals surface area (Å²) in [7, 11) is 4.35. The largest absolute Gasteiger partial charge is 0.497 e. The van der Waals surface area contributed by atoms with Crippen molar-refractivity contribution in [3.05, 3.63) is 23.8 Å². The van der Waals surface area contributed by atoms with Crippen molar-refractivity contribution in [2.75, 3.05) is 21.3 Å². The van der Waals surface area contributed by atoms with Gasteiger partial charge in [0.1, 0.15) is 17.0 Å². The van der Waals surface area contributed by atoms with E-state index in [0.29, 0.717) is 17.1 Å². The molecule has 1 unspecified atom stereocenters. The molecule has 0 aromatic heterocycles. The fourth-order valence-electron chi connectivity index (χ4n) is 1.55. The average Bonchev–Trinajstić information content (AvgIpc) is 2.36. The predicted octanol–water partition coefficient (Wildman–Crippen LogP) is 1.05. The topological polar surface area (TPSA) is 70.8 Å². The number of esters is 1. The molecular formula is C12H17NO4. The molecule has 0 saturated carbocycles. The summed E-state index contributed by atoms with van der Waals surface area (Å²) >= 11 is 0. The van der Waals surface area contributed by atoms with Crippen molar-refractivity contribution in [2.45, 2.75) is 12.5 Å². The Morgan fingerprint density at radius 3 is 2.35 bits per heavy atom. The number of benzene rings is 1. The molecule has 0 heterocycles. The zero-order chi connectivity index (χ0) is 13.1. The Hall–Kier alpha value is -1.75. The first kappa shape index (κ1) is 13.3. The zero-order valence-corrected chi connectivity index (χ0v) is 10.4. The van der Waals surface area contributed by atoms with Crippen LogP contribution in [0.25, 0.3) is 0 Å². The lowest BCUT2D eigenvalue weighted by Crippen LogP contribution is -2.42. The van der Waals surface area contributed by atoms with Crippen molar-refractivity contribution in [3.8, 4) is 11.5 Å². The molecule has 1 rings (SSSR count). The van der Waals surface area contributed by atoms with Gasteiger partial charge in [0, 0.05) is 11.6 Å². The standard InChI is InChI=1S/C12H17NO4/c1-12(13,11(14)17-4)9-6-5-8(15-2)7-10(9)16-3/h5-7H,13H2,1-4H3. The van der Waals surface area contributed by atoms with Gasteiger partial charge in [-0.05, 0) is 19.1 Å². The van der Waals surface area contributed by atoms with Crippen LogP contribution in [-0.4, -0.2) is 27.3 Å². The number of hydrogen-bond donors (Lipinski definition) is 1. The van der Waals surface area contributed by atoms with E-state index in [-0.39, 0.29) is 0 Å². The lowest BCUT2D eigenvalue weighted by atomic mass is 9.92. The molecule has 0 saturated heterocycles. The summed E-state index contributed by atoms with van der Waals surface area (Å²) in [6, 6.07) is 5.07. The van der Waals surface area contributed by atoms with E-state index in [2.05, 4.69) is 4.74 Å². The molecule has 1 atom stereocenters. The summed E-state index contributed by atoms with van der Waals surface area (Å²) in [6.45, 7) is 1.57. The van der Waals surface area contributed by atoms with Crippen molar-refractivity contribution >= 4 is 5.97 Å². The minimum absolute atomic E-state index is 0.486. The molecule has 0 aliphatic rings. The van der Waals surface area contributed by atoms with Crippen molar-refractivity contribution in [1.82, 2.24) is 0 Å². The van der Waals surface area contributed by atoms with Crippen molar-refractivity contribution in [1.29, 1.82) is 0 Å². The summed E-state index contributed by atoms with van der Waals surface area (Å²) < 4.78 is 14.9. The molecule has 0 aliphatic heterocycles. The average molecular weight is 239 g/mol. The summed E-state index contributed by atoms with van der Waals surface area (Å²) in [6.07, 6.45) is 0. The smallest absolute Gasteiger partial charge is 0.330 e. The maximum absolute atomic E-state index is 11.6. The van der Waals surface area contributed by atoms with Crippen LogP contribution in [0.3, 0.4) is 0 Å². The summed E-state index contributed by atoms with van der Waals surface area (Å²) in [5.74, 6) is 0.590. The Morgan fingerprint density at radius 1 is 1.24 bits per heavy atom. The Balaban J connectivity index is 3.26. The normalized spacial score (nSPS) is 13.7. The first-order chi connectivity index (χ1) is 7.97. The summed E-state index contributed by atoms with van der Waals surface area (Å²) in [5.41, 5.74) is 5.26. The zero-order valence-electron chi connectivity index (χ0n) is 10.4. The Bertz CT molecular complexity index is 415. The first-order valence-electron chi connectivity index (χ1n) is 5.07. The van der Waals surface area contributed by atoms with Crippen LogP contribution in [0.1, 0.15) is 12.5 Å². The molecule has 94 valence electrons. The molecule has 0 spiro atoms. The lowest BCUT2D eigenvalue weighted by molar-refractivity contribution is -0.146. The lowest BCUT2D eigenvalue weighted by Gasteiger charge is -2.24. The van der Waals surface area contributed by atoms with Gasteiger partial charge in [-0.25, -0.2) is 4.79 Å². The van der Waals surface area contributed by atoms with Crippen LogP contribution in [0.15, 0.2) is 18.2 Å². The van der Waals surface area contributed by atoms with Gasteiger partial charge in [0.25, 0.3) is 0 Å². The van der Waals surface area contributed by atoms with Gasteiger partial charge in [-0.1, -0.05) is 0 Å². The van der Waals surface area contributed by atoms with Crippen LogP contribution in [0, 0.1) is 0 Å². The van der Waals surface area contributed by atoms with E-state index in [4.69, 9.17) is 15.2 Å². The molecule has 0 radical (unpaired) electrons. The third kappa shape index (κ3) is 2.50. The van der Waals surface area contributed by atoms with E-state index in [1.54, 1.807) is 32.2 Å². The van der Waals surface area contributed by atoms with Gasteiger partial charge in [0.2, 0.25) is 0 Å². The molecule has 0 bridgehead atoms. The monoisotopic (exact) mass is 239 g/mol. The molecule has 1 aromatic rings. The molecule has 5 heteroatoms. The highest BCUT2D eigenvalue weighted by Gasteiger charge is 2.34. The van der Waals surface area contributed by atoms with Gasteiger partial charge in [0.05, 0.1) is 21.3 Å². The Morgan fingerprint density at radius 2 is 1.88 bits per heavy atom. The molecule has 0 fully saturated rings. The van der Waals surface area contributed by atoms with Gasteiger partial charge >= 0.3 is 5.97 Å². The number of carbonyl (C=O) groups excluding carboxylic acids is 1. The first-order valence-corrected chi connectivity index (χ1v) is 5.07. The van der Waals surface area contributed by atoms with Gasteiger partial charge in [-0.2, -0.15) is 0 Å². The fourth-order valence-corrected chi connectivity index (χ4v) is 1.55. The van der Waals surface area contributed by atoms with Crippen molar-refractivity contribution in [2.24, 2.45) is 5.73 Å². The second kappa shape index (κ2) is 5.05. The molecular weight excluding hydrogens is 222 g/mol. The Labute approximate surface area is 100 Å². The maximum atomic E-state index is 11.6. The molecule has 0 amide bonds. The number of methoxy groups -OCH3 is 3. The van der Waals surface area contributed by atoms with Gasteiger partial charge < -0.3 is 19.9 Å². The van der Waals surface area contributed by atoms with Crippen LogP contribution in [-0.2, 0) is 15.1 Å². The maximum Gasteiger partial charge on any atom is 0.330 e. The van der Waals surface area contributed by atoms with E-state index < -0.39 is 11.5 Å². The second-order valence-corrected chi connectivity index (χ2v) is 3.76. The van der Waals surface area contributed by atoms with Gasteiger partial charge in [0.15, 0.2) is 0 Å². The van der Waals surface area contributed by atoms with Gasteiger partial charge in [-0.3, -0.25) is 0 Å². The highest BCUT2D eigenvalue weighted by molar-refractivity contribution is 5.82. The number of hydrogen-bond acceptors (Lipinski definition) is 5. The van der Waals surface area contributed by atoms with Crippen LogP contribution in [0.5, 0.6) is 11.5 Å². The molecule has 0 aliphatic carbocycles. The van der Waals surface area contributed by atoms with E-state index in [9.17, 15) is 4.79 Å². The third-order valence-corrected chi connectivity index (χ3v) is 2.58. The van der Waals surface area contributed by atoms with Crippen LogP contribution in [0.4, 0.5) is 0 Å². The SMILES string of the molecule is COC(=O)C(C)(N)c1ccc(OC)cc1OC. The molecule has 1 aromatic carbocycles. The number of rotatable bonds is 4. The summed E-state index contributed by atoms with van der Waals surface area (Å²) in [5, 5.41) is 0. The number of nitrogens with two attached hydrogens (primary N) is 1. The Kier molecular flexibility index (Phi) is 3.96. The number of ether oxygens (including phenoxy) is 3. The van der Waals surface area contributed by atoms with Crippen molar-refractivity contribution in [3.63, 3.8) is 0 Å². The minimum atomic E-state index is -1.26. The van der Waals surface area contributed by atoms with E-state index in [0.717, 1.165) is 0 Å². The van der Waals surface area contributed by atoms with E-state index in [1.165, 1.54) is 14.2 Å². The highest BCUT2D eigenvalue weighted by Crippen LogP contribution is 2.32. The van der Waals surface area contributed by atoms with E-state index >= 15 is 0 Å². The molecule has 5 nitrogen and oxygen atoms in total. The highest BCUT2D eigenvalue weighted by atomic mass is 16.5. The van der Waals surface area contributed by atoms with Crippen LogP contribution < -0.4 is 15.2 Å². The minimum Gasteiger partial charge on any atom is -0.497 e. The second-order valence-electron chi connectivity index (χ2n) is 3.76. The quantitative estimate of drug-likeness (QED) is 0.795. The van der Waals surface area contributed by atoms with Crippen molar-refractivity contribution < 1.29 is 19.0 Å². The van der Waals surface area contributed by atoms with Gasteiger partial charge in [-0.15, -0.1) is 0 Å². The van der Waals surface area contributed by atoms with E-state index in [1.807, 2.05) is 0 Å². The summed E-state index contributed by atoms with van der Waals surface area (Å²) in [4.78, 5) is 11.6.